The van der Waals surface area contributed by atoms with E-state index in [1.54, 1.807) is 19.1 Å². The van der Waals surface area contributed by atoms with E-state index >= 15 is 0 Å². The number of hydrogen-bond donors (Lipinski definition) is 1. The van der Waals surface area contributed by atoms with Crippen LogP contribution in [0.4, 0.5) is 0 Å². The van der Waals surface area contributed by atoms with E-state index in [0.29, 0.717) is 16.2 Å². The lowest BCUT2D eigenvalue weighted by Crippen LogP contribution is -1.99. The number of terminal acetylenes is 1. The van der Waals surface area contributed by atoms with Gasteiger partial charge in [-0.25, -0.2) is 4.79 Å². The van der Waals surface area contributed by atoms with Gasteiger partial charge in [0.05, 0.1) is 5.56 Å². The second-order valence-corrected chi connectivity index (χ2v) is 3.20. The molecule has 0 aliphatic heterocycles. The Morgan fingerprint density at radius 2 is 2.00 bits per heavy atom. The molecule has 1 aromatic rings. The van der Waals surface area contributed by atoms with Gasteiger partial charge in [0.2, 0.25) is 0 Å². The summed E-state index contributed by atoms with van der Waals surface area (Å²) in [5.74, 6) is -0.947. The molecule has 0 aromatic heterocycles. The molecule has 1 aromatic carbocycles. The van der Waals surface area contributed by atoms with Crippen LogP contribution in [-0.4, -0.2) is 11.1 Å². The van der Waals surface area contributed by atoms with Crippen LogP contribution in [0.1, 0.15) is 21.5 Å². The number of carboxylic acid groups (broad SMARTS) is 1. The highest BCUT2D eigenvalue weighted by atomic mass is 35.5. The molecule has 0 radical (unpaired) electrons. The molecule has 0 bridgehead atoms. The third kappa shape index (κ3) is 3.49. The van der Waals surface area contributed by atoms with Gasteiger partial charge in [-0.3, -0.25) is 0 Å². The maximum Gasteiger partial charge on any atom is 0.335 e. The summed E-state index contributed by atoms with van der Waals surface area (Å²) in [6.07, 6.45) is 8.00. The van der Waals surface area contributed by atoms with Gasteiger partial charge in [-0.2, -0.15) is 0 Å². The van der Waals surface area contributed by atoms with Crippen molar-refractivity contribution >= 4 is 22.6 Å². The third-order valence-electron chi connectivity index (χ3n) is 1.78. The summed E-state index contributed by atoms with van der Waals surface area (Å²) in [5.41, 5.74) is 1.62. The summed E-state index contributed by atoms with van der Waals surface area (Å²) < 4.78 is 0. The van der Waals surface area contributed by atoms with Gasteiger partial charge in [0.15, 0.2) is 0 Å². The van der Waals surface area contributed by atoms with Crippen molar-refractivity contribution in [1.29, 1.82) is 0 Å². The van der Waals surface area contributed by atoms with Gasteiger partial charge >= 0.3 is 5.97 Å². The first-order chi connectivity index (χ1) is 7.02. The highest BCUT2D eigenvalue weighted by Crippen LogP contribution is 2.19. The molecular formula is C12H11ClO2. The SMILES string of the molecule is C#C.C=C(Cl)c1ccc(C)c(C(=O)O)c1. The number of carbonyl (C=O) groups is 1. The van der Waals surface area contributed by atoms with Crippen LogP contribution in [0.25, 0.3) is 5.03 Å². The zero-order valence-electron chi connectivity index (χ0n) is 8.33. The molecule has 3 heteroatoms. The Hall–Kier alpha value is -1.72. The van der Waals surface area contributed by atoms with E-state index < -0.39 is 5.97 Å². The van der Waals surface area contributed by atoms with Crippen molar-refractivity contribution in [2.24, 2.45) is 0 Å². The molecule has 0 saturated heterocycles. The highest BCUT2D eigenvalue weighted by molar-refractivity contribution is 6.48. The van der Waals surface area contributed by atoms with Crippen LogP contribution in [0.3, 0.4) is 0 Å². The van der Waals surface area contributed by atoms with Crippen molar-refractivity contribution in [3.63, 3.8) is 0 Å². The summed E-state index contributed by atoms with van der Waals surface area (Å²) in [7, 11) is 0. The molecule has 0 aliphatic rings. The summed E-state index contributed by atoms with van der Waals surface area (Å²) in [6, 6.07) is 4.98. The number of carboxylic acids is 1. The molecule has 0 heterocycles. The van der Waals surface area contributed by atoms with E-state index in [0.717, 1.165) is 0 Å². The topological polar surface area (TPSA) is 37.3 Å². The van der Waals surface area contributed by atoms with Crippen molar-refractivity contribution in [1.82, 2.24) is 0 Å². The first-order valence-corrected chi connectivity index (χ1v) is 4.42. The summed E-state index contributed by atoms with van der Waals surface area (Å²) in [4.78, 5) is 10.7. The van der Waals surface area contributed by atoms with Crippen molar-refractivity contribution in [2.45, 2.75) is 6.92 Å². The smallest absolute Gasteiger partial charge is 0.335 e. The standard InChI is InChI=1S/C10H9ClO2.C2H2/c1-6-3-4-8(7(2)11)5-9(6)10(12)13;1-2/h3-5H,2H2,1H3,(H,12,13);1-2H. The van der Waals surface area contributed by atoms with Gasteiger partial charge in [0.1, 0.15) is 0 Å². The highest BCUT2D eigenvalue weighted by Gasteiger charge is 2.07. The van der Waals surface area contributed by atoms with Crippen molar-refractivity contribution < 1.29 is 9.90 Å². The van der Waals surface area contributed by atoms with E-state index in [1.165, 1.54) is 6.07 Å². The molecule has 0 spiro atoms. The molecule has 0 saturated carbocycles. The fourth-order valence-electron chi connectivity index (χ4n) is 1.02. The van der Waals surface area contributed by atoms with Crippen LogP contribution in [-0.2, 0) is 0 Å². The number of aryl methyl sites for hydroxylation is 1. The Kier molecular flexibility index (Phi) is 5.22. The van der Waals surface area contributed by atoms with E-state index in [1.807, 2.05) is 0 Å². The number of hydrogen-bond acceptors (Lipinski definition) is 1. The van der Waals surface area contributed by atoms with Crippen LogP contribution in [0.2, 0.25) is 0 Å². The van der Waals surface area contributed by atoms with Crippen LogP contribution >= 0.6 is 11.6 Å². The first kappa shape index (κ1) is 13.3. The van der Waals surface area contributed by atoms with Gasteiger partial charge in [-0.15, -0.1) is 12.8 Å². The summed E-state index contributed by atoms with van der Waals surface area (Å²) >= 11 is 5.64. The van der Waals surface area contributed by atoms with Gasteiger partial charge in [-0.1, -0.05) is 30.3 Å². The summed E-state index contributed by atoms with van der Waals surface area (Å²) in [5, 5.41) is 9.15. The quantitative estimate of drug-likeness (QED) is 0.781. The molecule has 0 unspecified atom stereocenters. The minimum atomic E-state index is -0.947. The lowest BCUT2D eigenvalue weighted by Gasteiger charge is -2.03. The van der Waals surface area contributed by atoms with Gasteiger partial charge in [-0.05, 0) is 24.1 Å². The second-order valence-electron chi connectivity index (χ2n) is 2.74. The van der Waals surface area contributed by atoms with Crippen molar-refractivity contribution in [2.75, 3.05) is 0 Å². The average Bonchev–Trinajstić information content (AvgIpc) is 2.20. The number of rotatable bonds is 2. The molecule has 0 atom stereocenters. The number of aromatic carboxylic acids is 1. The average molecular weight is 223 g/mol. The molecule has 15 heavy (non-hydrogen) atoms. The van der Waals surface area contributed by atoms with Crippen LogP contribution in [0, 0.1) is 19.8 Å². The molecular weight excluding hydrogens is 212 g/mol. The third-order valence-corrected chi connectivity index (χ3v) is 2.00. The van der Waals surface area contributed by atoms with Crippen molar-refractivity contribution in [3.05, 3.63) is 41.5 Å². The van der Waals surface area contributed by atoms with Gasteiger partial charge in [0, 0.05) is 5.03 Å². The number of benzene rings is 1. The van der Waals surface area contributed by atoms with Crippen LogP contribution in [0.15, 0.2) is 24.8 Å². The Balaban J connectivity index is 0.000000921. The zero-order chi connectivity index (χ0) is 12.0. The Morgan fingerprint density at radius 1 is 1.47 bits per heavy atom. The van der Waals surface area contributed by atoms with Gasteiger partial charge < -0.3 is 5.11 Å². The van der Waals surface area contributed by atoms with Crippen LogP contribution < -0.4 is 0 Å². The molecule has 1 rings (SSSR count). The summed E-state index contributed by atoms with van der Waals surface area (Å²) in [6.45, 7) is 5.27. The second kappa shape index (κ2) is 5.90. The molecule has 0 amide bonds. The molecule has 0 aliphatic carbocycles. The van der Waals surface area contributed by atoms with E-state index in [2.05, 4.69) is 19.4 Å². The minimum Gasteiger partial charge on any atom is -0.478 e. The van der Waals surface area contributed by atoms with E-state index in [-0.39, 0.29) is 5.56 Å². The fraction of sp³-hybridized carbons (Fsp3) is 0.0833. The first-order valence-electron chi connectivity index (χ1n) is 4.04. The minimum absolute atomic E-state index is 0.263. The van der Waals surface area contributed by atoms with Crippen LogP contribution in [0.5, 0.6) is 0 Å². The molecule has 2 nitrogen and oxygen atoms in total. The van der Waals surface area contributed by atoms with E-state index in [4.69, 9.17) is 16.7 Å². The predicted molar refractivity (Wildman–Crippen MR) is 62.9 cm³/mol. The Bertz CT molecular complexity index is 405. The lowest BCUT2D eigenvalue weighted by molar-refractivity contribution is 0.0696. The molecule has 0 fully saturated rings. The normalized spacial score (nSPS) is 8.53. The predicted octanol–water partition coefficient (Wildman–Crippen LogP) is 3.15. The largest absolute Gasteiger partial charge is 0.478 e. The lowest BCUT2D eigenvalue weighted by atomic mass is 10.1. The number of halogens is 1. The monoisotopic (exact) mass is 222 g/mol. The Morgan fingerprint density at radius 3 is 2.40 bits per heavy atom. The Labute approximate surface area is 94.2 Å². The van der Waals surface area contributed by atoms with Crippen molar-refractivity contribution in [3.8, 4) is 12.8 Å². The maximum absolute atomic E-state index is 10.7. The maximum atomic E-state index is 10.7. The molecule has 78 valence electrons. The molecule has 1 N–H and O–H groups in total. The fourth-order valence-corrected chi connectivity index (χ4v) is 1.14. The zero-order valence-corrected chi connectivity index (χ0v) is 9.08. The van der Waals surface area contributed by atoms with E-state index in [9.17, 15) is 4.79 Å². The van der Waals surface area contributed by atoms with Gasteiger partial charge in [0.25, 0.3) is 0 Å².